The Hall–Kier alpha value is -3.76. The van der Waals surface area contributed by atoms with Gasteiger partial charge in [-0.2, -0.15) is 4.72 Å². The van der Waals surface area contributed by atoms with Crippen molar-refractivity contribution in [2.45, 2.75) is 23.4 Å². The normalized spacial score (nSPS) is 19.0. The number of methoxy groups -OCH3 is 1. The summed E-state index contributed by atoms with van der Waals surface area (Å²) < 4.78 is 34.9. The summed E-state index contributed by atoms with van der Waals surface area (Å²) in [5.74, 6) is -0.345. The second-order valence-corrected chi connectivity index (χ2v) is 9.33. The molecule has 2 atom stereocenters. The van der Waals surface area contributed by atoms with Crippen LogP contribution in [0.25, 0.3) is 0 Å². The number of hydrogen-bond donors (Lipinski definition) is 3. The third kappa shape index (κ3) is 4.30. The minimum atomic E-state index is -4.08. The Kier molecular flexibility index (Phi) is 5.88. The highest BCUT2D eigenvalue weighted by atomic mass is 32.2. The van der Waals surface area contributed by atoms with E-state index in [0.717, 1.165) is 0 Å². The molecule has 2 heterocycles. The van der Waals surface area contributed by atoms with Crippen LogP contribution >= 0.6 is 0 Å². The van der Waals surface area contributed by atoms with E-state index in [1.807, 2.05) is 18.2 Å². The van der Waals surface area contributed by atoms with Gasteiger partial charge in [0, 0.05) is 11.8 Å². The average Bonchev–Trinajstić information content (AvgIpc) is 3.10. The summed E-state index contributed by atoms with van der Waals surface area (Å²) >= 11 is 0. The lowest BCUT2D eigenvalue weighted by Crippen LogP contribution is -2.41. The van der Waals surface area contributed by atoms with Gasteiger partial charge in [0.1, 0.15) is 11.3 Å². The first-order valence-electron chi connectivity index (χ1n) is 10.0. The van der Waals surface area contributed by atoms with Gasteiger partial charge in [0.15, 0.2) is 0 Å². The lowest BCUT2D eigenvalue weighted by Gasteiger charge is -2.25. The van der Waals surface area contributed by atoms with Gasteiger partial charge in [0.2, 0.25) is 10.0 Å². The van der Waals surface area contributed by atoms with Crippen molar-refractivity contribution >= 4 is 22.0 Å². The van der Waals surface area contributed by atoms with Crippen LogP contribution in [0.1, 0.15) is 29.8 Å². The highest BCUT2D eigenvalue weighted by molar-refractivity contribution is 7.89. The van der Waals surface area contributed by atoms with Gasteiger partial charge in [0.05, 0.1) is 23.7 Å². The van der Waals surface area contributed by atoms with Crippen molar-refractivity contribution in [2.75, 3.05) is 7.11 Å². The first kappa shape index (κ1) is 22.4. The lowest BCUT2D eigenvalue weighted by atomic mass is 9.91. The summed E-state index contributed by atoms with van der Waals surface area (Å²) in [6.07, 6.45) is 1.59. The van der Waals surface area contributed by atoms with Crippen LogP contribution < -0.4 is 20.1 Å². The zero-order valence-electron chi connectivity index (χ0n) is 17.9. The SMILES string of the molecule is COc1ccc(S(=O)(=O)N[C@H](c2ccccc2)c2ccccn2)cc1[C@@]1(C)NC(=O)NC1=O. The summed E-state index contributed by atoms with van der Waals surface area (Å²) in [6, 6.07) is 17.1. The zero-order chi connectivity index (χ0) is 23.6. The van der Waals surface area contributed by atoms with Crippen LogP contribution in [0.5, 0.6) is 5.75 Å². The molecule has 10 heteroatoms. The first-order valence-corrected chi connectivity index (χ1v) is 11.5. The number of nitrogens with zero attached hydrogens (tertiary/aromatic N) is 1. The molecular formula is C23H22N4O5S. The molecule has 33 heavy (non-hydrogen) atoms. The Morgan fingerprint density at radius 3 is 2.36 bits per heavy atom. The minimum Gasteiger partial charge on any atom is -0.496 e. The number of carbonyl (C=O) groups is 2. The number of ether oxygens (including phenoxy) is 1. The van der Waals surface area contributed by atoms with Crippen LogP contribution in [0, 0.1) is 0 Å². The first-order chi connectivity index (χ1) is 15.7. The largest absolute Gasteiger partial charge is 0.496 e. The summed E-state index contributed by atoms with van der Waals surface area (Å²) in [5.41, 5.74) is -0.0445. The van der Waals surface area contributed by atoms with Crippen LogP contribution in [0.15, 0.2) is 77.8 Å². The molecule has 0 bridgehead atoms. The standard InChI is InChI=1S/C23H22N4O5S/c1-23(21(28)25-22(29)26-23)17-14-16(11-12-19(17)32-2)33(30,31)27-20(15-8-4-3-5-9-15)18-10-6-7-13-24-18/h3-14,20,27H,1-2H3,(H2,25,26,28,29)/t20-,23-/m1/s1. The molecule has 3 aromatic rings. The molecule has 1 aliphatic heterocycles. The second kappa shape index (κ2) is 8.64. The minimum absolute atomic E-state index is 0.0923. The molecule has 3 amide bonds. The Morgan fingerprint density at radius 2 is 1.76 bits per heavy atom. The van der Waals surface area contributed by atoms with Gasteiger partial charge in [-0.1, -0.05) is 36.4 Å². The molecular weight excluding hydrogens is 444 g/mol. The summed E-state index contributed by atoms with van der Waals surface area (Å²) in [5, 5.41) is 4.71. The van der Waals surface area contributed by atoms with Gasteiger partial charge >= 0.3 is 6.03 Å². The number of carbonyl (C=O) groups excluding carboxylic acids is 2. The molecule has 0 aliphatic carbocycles. The molecule has 0 unspecified atom stereocenters. The van der Waals surface area contributed by atoms with Crippen LogP contribution in [0.3, 0.4) is 0 Å². The molecule has 1 saturated heterocycles. The molecule has 4 rings (SSSR count). The third-order valence-corrected chi connectivity index (χ3v) is 6.87. The van der Waals surface area contributed by atoms with E-state index in [1.165, 1.54) is 32.2 Å². The smallest absolute Gasteiger partial charge is 0.322 e. The highest BCUT2D eigenvalue weighted by Crippen LogP contribution is 2.34. The fourth-order valence-electron chi connectivity index (χ4n) is 3.69. The molecule has 1 aromatic heterocycles. The van der Waals surface area contributed by atoms with Crippen LogP contribution in [-0.2, 0) is 20.4 Å². The van der Waals surface area contributed by atoms with E-state index in [9.17, 15) is 18.0 Å². The topological polar surface area (TPSA) is 126 Å². The Bertz CT molecular complexity index is 1260. The van der Waals surface area contributed by atoms with Gasteiger partial charge in [0.25, 0.3) is 5.91 Å². The third-order valence-electron chi connectivity index (χ3n) is 5.45. The molecule has 1 fully saturated rings. The van der Waals surface area contributed by atoms with Gasteiger partial charge < -0.3 is 10.1 Å². The number of nitrogens with one attached hydrogen (secondary N) is 3. The number of aromatic nitrogens is 1. The van der Waals surface area contributed by atoms with Gasteiger partial charge in [-0.15, -0.1) is 0 Å². The van der Waals surface area contributed by atoms with E-state index < -0.39 is 33.5 Å². The number of hydrogen-bond acceptors (Lipinski definition) is 6. The molecule has 0 saturated carbocycles. The molecule has 0 radical (unpaired) electrons. The van der Waals surface area contributed by atoms with Crippen molar-refractivity contribution in [1.82, 2.24) is 20.3 Å². The average molecular weight is 467 g/mol. The van der Waals surface area contributed by atoms with Crippen molar-refractivity contribution in [3.05, 3.63) is 89.7 Å². The maximum atomic E-state index is 13.4. The summed E-state index contributed by atoms with van der Waals surface area (Å²) in [4.78, 5) is 28.5. The van der Waals surface area contributed by atoms with Crippen LogP contribution in [0.4, 0.5) is 4.79 Å². The predicted molar refractivity (Wildman–Crippen MR) is 120 cm³/mol. The Labute approximate surface area is 191 Å². The van der Waals surface area contributed by atoms with Crippen molar-refractivity contribution < 1.29 is 22.7 Å². The second-order valence-electron chi connectivity index (χ2n) is 7.61. The Morgan fingerprint density at radius 1 is 1.03 bits per heavy atom. The number of amides is 3. The predicted octanol–water partition coefficient (Wildman–Crippen LogP) is 2.21. The van der Waals surface area contributed by atoms with Gasteiger partial charge in [-0.3, -0.25) is 15.1 Å². The van der Waals surface area contributed by atoms with Gasteiger partial charge in [-0.05, 0) is 42.8 Å². The van der Waals surface area contributed by atoms with Crippen LogP contribution in [0.2, 0.25) is 0 Å². The quantitative estimate of drug-likeness (QED) is 0.458. The highest BCUT2D eigenvalue weighted by Gasteiger charge is 2.45. The molecule has 3 N–H and O–H groups in total. The fourth-order valence-corrected chi connectivity index (χ4v) is 4.92. The van der Waals surface area contributed by atoms with Crippen molar-refractivity contribution in [3.8, 4) is 5.75 Å². The van der Waals surface area contributed by atoms with Crippen LogP contribution in [-0.4, -0.2) is 32.4 Å². The van der Waals surface area contributed by atoms with Crippen molar-refractivity contribution in [2.24, 2.45) is 0 Å². The molecule has 170 valence electrons. The summed E-state index contributed by atoms with van der Waals surface area (Å²) in [7, 11) is -2.68. The van der Waals surface area contributed by atoms with E-state index in [-0.39, 0.29) is 16.2 Å². The monoisotopic (exact) mass is 466 g/mol. The number of benzene rings is 2. The van der Waals surface area contributed by atoms with Gasteiger partial charge in [-0.25, -0.2) is 13.2 Å². The number of imide groups is 1. The zero-order valence-corrected chi connectivity index (χ0v) is 18.7. The number of rotatable bonds is 7. The lowest BCUT2D eigenvalue weighted by molar-refractivity contribution is -0.123. The fraction of sp³-hybridized carbons (Fsp3) is 0.174. The summed E-state index contributed by atoms with van der Waals surface area (Å²) in [6.45, 7) is 1.48. The molecule has 2 aromatic carbocycles. The van der Waals surface area contributed by atoms with E-state index >= 15 is 0 Å². The number of urea groups is 1. The van der Waals surface area contributed by atoms with E-state index in [0.29, 0.717) is 11.3 Å². The maximum absolute atomic E-state index is 13.4. The molecule has 1 aliphatic rings. The van der Waals surface area contributed by atoms with E-state index in [2.05, 4.69) is 20.3 Å². The number of sulfonamides is 1. The van der Waals surface area contributed by atoms with E-state index in [4.69, 9.17) is 4.74 Å². The van der Waals surface area contributed by atoms with Crippen molar-refractivity contribution in [1.29, 1.82) is 0 Å². The van der Waals surface area contributed by atoms with Crippen molar-refractivity contribution in [3.63, 3.8) is 0 Å². The maximum Gasteiger partial charge on any atom is 0.322 e. The Balaban J connectivity index is 1.77. The molecule has 9 nitrogen and oxygen atoms in total. The molecule has 0 spiro atoms. The van der Waals surface area contributed by atoms with E-state index in [1.54, 1.807) is 36.5 Å². The number of pyridine rings is 1.